The fourth-order valence-corrected chi connectivity index (χ4v) is 1.85. The van der Waals surface area contributed by atoms with Crippen LogP contribution in [-0.2, 0) is 0 Å². The Morgan fingerprint density at radius 1 is 1.47 bits per heavy atom. The van der Waals surface area contributed by atoms with Crippen LogP contribution in [0.4, 0.5) is 5.69 Å². The number of nitrogens with one attached hydrogen (secondary N) is 2. The third kappa shape index (κ3) is 1.73. The van der Waals surface area contributed by atoms with E-state index < -0.39 is 4.92 Å². The van der Waals surface area contributed by atoms with E-state index in [1.807, 2.05) is 0 Å². The number of rotatable bonds is 2. The van der Waals surface area contributed by atoms with E-state index in [1.165, 1.54) is 19.2 Å². The number of amides is 1. The first-order valence-corrected chi connectivity index (χ1v) is 5.03. The largest absolute Gasteiger partial charge is 0.358 e. The molecule has 0 spiro atoms. The molecule has 0 aliphatic heterocycles. The maximum absolute atomic E-state index is 11.7. The van der Waals surface area contributed by atoms with E-state index in [0.717, 1.165) is 0 Å². The number of hydrogen-bond donors (Lipinski definition) is 2. The van der Waals surface area contributed by atoms with Gasteiger partial charge in [-0.1, -0.05) is 0 Å². The fourth-order valence-electron chi connectivity index (χ4n) is 1.85. The Hall–Kier alpha value is -2.37. The van der Waals surface area contributed by atoms with Crippen LogP contribution in [0.15, 0.2) is 18.2 Å². The van der Waals surface area contributed by atoms with Crippen LogP contribution >= 0.6 is 0 Å². The summed E-state index contributed by atoms with van der Waals surface area (Å²) in [4.78, 5) is 24.9. The molecule has 17 heavy (non-hydrogen) atoms. The standard InChI is InChI=1S/C11H11N3O3/c1-6-10(11(15)12-2)8-5-7(14(16)17)3-4-9(8)13-6/h3-5,13H,1-2H3,(H,12,15). The van der Waals surface area contributed by atoms with Crippen LogP contribution in [0.5, 0.6) is 0 Å². The number of H-pyrrole nitrogens is 1. The van der Waals surface area contributed by atoms with Gasteiger partial charge >= 0.3 is 0 Å². The molecule has 0 radical (unpaired) electrons. The Balaban J connectivity index is 2.73. The normalized spacial score (nSPS) is 10.5. The Bertz CT molecular complexity index is 616. The second kappa shape index (κ2) is 3.89. The zero-order valence-corrected chi connectivity index (χ0v) is 9.40. The molecule has 1 aromatic carbocycles. The highest BCUT2D eigenvalue weighted by molar-refractivity contribution is 6.08. The first kappa shape index (κ1) is 11.1. The lowest BCUT2D eigenvalue weighted by molar-refractivity contribution is -0.384. The lowest BCUT2D eigenvalue weighted by atomic mass is 10.1. The number of fused-ring (bicyclic) bond motifs is 1. The lowest BCUT2D eigenvalue weighted by Crippen LogP contribution is -2.18. The highest BCUT2D eigenvalue weighted by Gasteiger charge is 2.17. The zero-order valence-electron chi connectivity index (χ0n) is 9.40. The number of benzene rings is 1. The van der Waals surface area contributed by atoms with E-state index in [9.17, 15) is 14.9 Å². The number of aromatic amines is 1. The number of carbonyl (C=O) groups is 1. The second-order valence-electron chi connectivity index (χ2n) is 3.69. The van der Waals surface area contributed by atoms with Gasteiger partial charge in [-0.2, -0.15) is 0 Å². The minimum absolute atomic E-state index is 0.0262. The van der Waals surface area contributed by atoms with Gasteiger partial charge in [-0.05, 0) is 13.0 Å². The Morgan fingerprint density at radius 3 is 2.76 bits per heavy atom. The summed E-state index contributed by atoms with van der Waals surface area (Å²) < 4.78 is 0. The summed E-state index contributed by atoms with van der Waals surface area (Å²) in [6.07, 6.45) is 0. The molecule has 6 nitrogen and oxygen atoms in total. The maximum atomic E-state index is 11.7. The molecule has 0 atom stereocenters. The van der Waals surface area contributed by atoms with Crippen molar-refractivity contribution in [3.63, 3.8) is 0 Å². The van der Waals surface area contributed by atoms with E-state index in [2.05, 4.69) is 10.3 Å². The van der Waals surface area contributed by atoms with E-state index in [-0.39, 0.29) is 11.6 Å². The van der Waals surface area contributed by atoms with Crippen molar-refractivity contribution >= 4 is 22.5 Å². The SMILES string of the molecule is CNC(=O)c1c(C)[nH]c2ccc([N+](=O)[O-])cc12. The molecule has 2 aromatic rings. The van der Waals surface area contributed by atoms with Crippen LogP contribution < -0.4 is 5.32 Å². The van der Waals surface area contributed by atoms with Crippen LogP contribution in [0.3, 0.4) is 0 Å². The van der Waals surface area contributed by atoms with E-state index in [0.29, 0.717) is 22.2 Å². The van der Waals surface area contributed by atoms with Crippen molar-refractivity contribution in [2.75, 3.05) is 7.05 Å². The molecule has 1 heterocycles. The molecule has 0 bridgehead atoms. The molecule has 0 fully saturated rings. The van der Waals surface area contributed by atoms with Gasteiger partial charge in [0.1, 0.15) is 0 Å². The van der Waals surface area contributed by atoms with Crippen molar-refractivity contribution in [3.8, 4) is 0 Å². The molecular formula is C11H11N3O3. The predicted octanol–water partition coefficient (Wildman–Crippen LogP) is 1.74. The second-order valence-corrected chi connectivity index (χ2v) is 3.69. The van der Waals surface area contributed by atoms with Crippen LogP contribution in [0.1, 0.15) is 16.1 Å². The van der Waals surface area contributed by atoms with Gasteiger partial charge in [0.2, 0.25) is 0 Å². The molecule has 0 saturated heterocycles. The van der Waals surface area contributed by atoms with Crippen molar-refractivity contribution < 1.29 is 9.72 Å². The van der Waals surface area contributed by atoms with Gasteiger partial charge in [-0.25, -0.2) is 0 Å². The van der Waals surface area contributed by atoms with Gasteiger partial charge in [-0.15, -0.1) is 0 Å². The molecule has 0 aliphatic rings. The number of non-ortho nitro benzene ring substituents is 1. The van der Waals surface area contributed by atoms with Crippen LogP contribution in [-0.4, -0.2) is 22.9 Å². The smallest absolute Gasteiger partial charge is 0.270 e. The number of nitrogens with zero attached hydrogens (tertiary/aromatic N) is 1. The molecular weight excluding hydrogens is 222 g/mol. The Kier molecular flexibility index (Phi) is 2.55. The number of carbonyl (C=O) groups excluding carboxylic acids is 1. The molecule has 2 N–H and O–H groups in total. The topological polar surface area (TPSA) is 88.0 Å². The first-order valence-electron chi connectivity index (χ1n) is 5.03. The average molecular weight is 233 g/mol. The summed E-state index contributed by atoms with van der Waals surface area (Å²) >= 11 is 0. The number of aryl methyl sites for hydroxylation is 1. The Labute approximate surface area is 96.8 Å². The molecule has 0 saturated carbocycles. The molecule has 6 heteroatoms. The van der Waals surface area contributed by atoms with E-state index >= 15 is 0 Å². The van der Waals surface area contributed by atoms with Gasteiger partial charge in [-0.3, -0.25) is 14.9 Å². The fraction of sp³-hybridized carbons (Fsp3) is 0.182. The minimum Gasteiger partial charge on any atom is -0.358 e. The molecule has 0 unspecified atom stereocenters. The predicted molar refractivity (Wildman–Crippen MR) is 63.1 cm³/mol. The zero-order chi connectivity index (χ0) is 12.6. The van der Waals surface area contributed by atoms with E-state index in [1.54, 1.807) is 13.0 Å². The summed E-state index contributed by atoms with van der Waals surface area (Å²) in [6.45, 7) is 1.76. The lowest BCUT2D eigenvalue weighted by Gasteiger charge is -1.99. The third-order valence-electron chi connectivity index (χ3n) is 2.63. The molecule has 1 amide bonds. The van der Waals surface area contributed by atoms with Crippen molar-refractivity contribution in [2.24, 2.45) is 0 Å². The van der Waals surface area contributed by atoms with Gasteiger partial charge in [0.05, 0.1) is 10.5 Å². The van der Waals surface area contributed by atoms with E-state index in [4.69, 9.17) is 0 Å². The van der Waals surface area contributed by atoms with Gasteiger partial charge < -0.3 is 10.3 Å². The number of nitro groups is 1. The average Bonchev–Trinajstić information content (AvgIpc) is 2.62. The van der Waals surface area contributed by atoms with Crippen molar-refractivity contribution in [3.05, 3.63) is 39.6 Å². The number of aromatic nitrogens is 1. The summed E-state index contributed by atoms with van der Waals surface area (Å²) in [7, 11) is 1.53. The molecule has 0 aliphatic carbocycles. The summed E-state index contributed by atoms with van der Waals surface area (Å²) in [6, 6.07) is 4.42. The summed E-state index contributed by atoms with van der Waals surface area (Å²) in [5.74, 6) is -0.255. The highest BCUT2D eigenvalue weighted by Crippen LogP contribution is 2.26. The highest BCUT2D eigenvalue weighted by atomic mass is 16.6. The van der Waals surface area contributed by atoms with Gasteiger partial charge in [0.25, 0.3) is 11.6 Å². The Morgan fingerprint density at radius 2 is 2.18 bits per heavy atom. The first-order chi connectivity index (χ1) is 8.04. The third-order valence-corrected chi connectivity index (χ3v) is 2.63. The van der Waals surface area contributed by atoms with Crippen LogP contribution in [0, 0.1) is 17.0 Å². The van der Waals surface area contributed by atoms with Crippen LogP contribution in [0.25, 0.3) is 10.9 Å². The quantitative estimate of drug-likeness (QED) is 0.611. The van der Waals surface area contributed by atoms with Crippen molar-refractivity contribution in [2.45, 2.75) is 6.92 Å². The molecule has 88 valence electrons. The number of hydrogen-bond acceptors (Lipinski definition) is 3. The van der Waals surface area contributed by atoms with Crippen LogP contribution in [0.2, 0.25) is 0 Å². The molecule has 1 aromatic heterocycles. The van der Waals surface area contributed by atoms with Gasteiger partial charge in [0.15, 0.2) is 0 Å². The summed E-state index contributed by atoms with van der Waals surface area (Å²) in [5.41, 5.74) is 1.83. The van der Waals surface area contributed by atoms with Crippen molar-refractivity contribution in [1.82, 2.24) is 10.3 Å². The summed E-state index contributed by atoms with van der Waals surface area (Å²) in [5, 5.41) is 13.8. The van der Waals surface area contributed by atoms with Gasteiger partial charge in [0, 0.05) is 35.8 Å². The number of nitro benzene ring substituents is 1. The minimum atomic E-state index is -0.477. The monoisotopic (exact) mass is 233 g/mol. The molecule has 2 rings (SSSR count). The maximum Gasteiger partial charge on any atom is 0.270 e. The van der Waals surface area contributed by atoms with Crippen molar-refractivity contribution in [1.29, 1.82) is 0 Å².